The number of ether oxygens (including phenoxy) is 1. The molecule has 0 aliphatic carbocycles. The number of hydrogen-bond donors (Lipinski definition) is 0. The van der Waals surface area contributed by atoms with Crippen molar-refractivity contribution in [3.63, 3.8) is 0 Å². The molecule has 0 fully saturated rings. The zero-order valence-electron chi connectivity index (χ0n) is 24.3. The van der Waals surface area contributed by atoms with Crippen LogP contribution in [0.2, 0.25) is 0 Å². The molecule has 1 unspecified atom stereocenters. The van der Waals surface area contributed by atoms with Crippen molar-refractivity contribution < 1.29 is 9.53 Å². The molecule has 1 heterocycles. The van der Waals surface area contributed by atoms with E-state index in [1.807, 2.05) is 0 Å². The van der Waals surface area contributed by atoms with Crippen LogP contribution in [0, 0.1) is 5.92 Å². The summed E-state index contributed by atoms with van der Waals surface area (Å²) in [6.45, 7) is 2.82. The SMILES string of the molecule is CC1CCCCC/C=C\CCCCCCCCCCCC/C=C\CCCCCCCCCC(=O)OC1. The van der Waals surface area contributed by atoms with Crippen LogP contribution in [0.25, 0.3) is 0 Å². The summed E-state index contributed by atoms with van der Waals surface area (Å²) >= 11 is 0. The molecule has 1 aliphatic heterocycles. The molecule has 0 aromatic heterocycles. The van der Waals surface area contributed by atoms with E-state index in [0.717, 1.165) is 6.42 Å². The number of allylic oxidation sites excluding steroid dienone is 4. The van der Waals surface area contributed by atoms with Crippen LogP contribution in [0.3, 0.4) is 0 Å². The van der Waals surface area contributed by atoms with Gasteiger partial charge in [0.05, 0.1) is 6.61 Å². The topological polar surface area (TPSA) is 26.3 Å². The highest BCUT2D eigenvalue weighted by Crippen LogP contribution is 2.15. The minimum absolute atomic E-state index is 0.0101. The largest absolute Gasteiger partial charge is 0.465 e. The van der Waals surface area contributed by atoms with E-state index in [2.05, 4.69) is 31.2 Å². The smallest absolute Gasteiger partial charge is 0.305 e. The molecule has 0 radical (unpaired) electrons. The van der Waals surface area contributed by atoms with Gasteiger partial charge in [0.2, 0.25) is 0 Å². The summed E-state index contributed by atoms with van der Waals surface area (Å²) in [5, 5.41) is 0. The van der Waals surface area contributed by atoms with Crippen LogP contribution in [0.1, 0.15) is 174 Å². The maximum absolute atomic E-state index is 12.0. The van der Waals surface area contributed by atoms with Crippen molar-refractivity contribution >= 4 is 5.97 Å². The highest BCUT2D eigenvalue weighted by atomic mass is 16.5. The minimum atomic E-state index is 0.0101. The van der Waals surface area contributed by atoms with Gasteiger partial charge in [-0.05, 0) is 70.1 Å². The monoisotopic (exact) mass is 502 g/mol. The van der Waals surface area contributed by atoms with Gasteiger partial charge in [-0.25, -0.2) is 0 Å². The van der Waals surface area contributed by atoms with E-state index in [9.17, 15) is 4.79 Å². The van der Waals surface area contributed by atoms with Crippen LogP contribution in [0.5, 0.6) is 0 Å². The van der Waals surface area contributed by atoms with Crippen LogP contribution in [0.15, 0.2) is 24.3 Å². The van der Waals surface area contributed by atoms with Crippen LogP contribution in [-0.2, 0) is 9.53 Å². The normalized spacial score (nSPS) is 26.1. The second kappa shape index (κ2) is 27.0. The van der Waals surface area contributed by atoms with Crippen molar-refractivity contribution in [2.45, 2.75) is 174 Å². The van der Waals surface area contributed by atoms with E-state index in [1.165, 1.54) is 154 Å². The van der Waals surface area contributed by atoms with Gasteiger partial charge in [-0.3, -0.25) is 4.79 Å². The summed E-state index contributed by atoms with van der Waals surface area (Å²) in [6.07, 6.45) is 43.1. The van der Waals surface area contributed by atoms with Gasteiger partial charge in [0, 0.05) is 6.42 Å². The zero-order chi connectivity index (χ0) is 25.8. The molecule has 0 saturated carbocycles. The molecular formula is C34H62O2. The Balaban J connectivity index is 2.17. The Morgan fingerprint density at radius 2 is 0.833 bits per heavy atom. The maximum atomic E-state index is 12.0. The second-order valence-electron chi connectivity index (χ2n) is 11.5. The first-order valence-corrected chi connectivity index (χ1v) is 16.2. The van der Waals surface area contributed by atoms with Crippen LogP contribution < -0.4 is 0 Å². The van der Waals surface area contributed by atoms with Crippen molar-refractivity contribution in [3.05, 3.63) is 24.3 Å². The summed E-state index contributed by atoms with van der Waals surface area (Å²) in [5.74, 6) is 0.498. The van der Waals surface area contributed by atoms with E-state index >= 15 is 0 Å². The number of carbonyl (C=O) groups is 1. The fraction of sp³-hybridized carbons (Fsp3) is 0.853. The van der Waals surface area contributed by atoms with E-state index in [4.69, 9.17) is 4.74 Å². The molecule has 0 bridgehead atoms. The molecule has 2 nitrogen and oxygen atoms in total. The van der Waals surface area contributed by atoms with E-state index in [0.29, 0.717) is 18.9 Å². The van der Waals surface area contributed by atoms with Crippen LogP contribution in [0.4, 0.5) is 0 Å². The summed E-state index contributed by atoms with van der Waals surface area (Å²) in [5.41, 5.74) is 0. The molecule has 0 N–H and O–H groups in total. The lowest BCUT2D eigenvalue weighted by Crippen LogP contribution is -2.11. The van der Waals surface area contributed by atoms with Gasteiger partial charge >= 0.3 is 5.97 Å². The number of carbonyl (C=O) groups excluding carboxylic acids is 1. The van der Waals surface area contributed by atoms with Crippen molar-refractivity contribution in [2.24, 2.45) is 5.92 Å². The quantitative estimate of drug-likeness (QED) is 0.243. The average Bonchev–Trinajstić information content (AvgIpc) is 2.88. The molecule has 0 aromatic carbocycles. The first-order chi connectivity index (χ1) is 17.8. The highest BCUT2D eigenvalue weighted by Gasteiger charge is 2.07. The van der Waals surface area contributed by atoms with Gasteiger partial charge in [0.15, 0.2) is 0 Å². The number of rotatable bonds is 0. The maximum Gasteiger partial charge on any atom is 0.305 e. The Hall–Kier alpha value is -1.05. The standard InChI is InChI=1S/C34H62O2/c1-33-30-28-26-24-22-20-18-16-14-12-10-8-6-4-2-3-5-7-9-11-13-15-17-19-21-23-25-27-29-31-34(35)36-32-33/h11,13,18,20,33H,2-10,12,14-17,19,21-32H2,1H3/b13-11-,20-18-. The van der Waals surface area contributed by atoms with Crippen LogP contribution >= 0.6 is 0 Å². The molecule has 1 rings (SSSR count). The van der Waals surface area contributed by atoms with Crippen molar-refractivity contribution in [1.82, 2.24) is 0 Å². The lowest BCUT2D eigenvalue weighted by Gasteiger charge is -2.12. The van der Waals surface area contributed by atoms with Gasteiger partial charge in [0.25, 0.3) is 0 Å². The molecular weight excluding hydrogens is 440 g/mol. The zero-order valence-corrected chi connectivity index (χ0v) is 24.3. The van der Waals surface area contributed by atoms with Crippen LogP contribution in [-0.4, -0.2) is 12.6 Å². The average molecular weight is 503 g/mol. The fourth-order valence-corrected chi connectivity index (χ4v) is 5.15. The fourth-order valence-electron chi connectivity index (χ4n) is 5.15. The summed E-state index contributed by atoms with van der Waals surface area (Å²) < 4.78 is 5.52. The lowest BCUT2D eigenvalue weighted by atomic mass is 10.0. The highest BCUT2D eigenvalue weighted by molar-refractivity contribution is 5.69. The molecule has 1 atom stereocenters. The van der Waals surface area contributed by atoms with Gasteiger partial charge in [0.1, 0.15) is 0 Å². The number of esters is 1. The second-order valence-corrected chi connectivity index (χ2v) is 11.5. The summed E-state index contributed by atoms with van der Waals surface area (Å²) in [7, 11) is 0. The van der Waals surface area contributed by atoms with E-state index in [1.54, 1.807) is 0 Å². The third-order valence-electron chi connectivity index (χ3n) is 7.67. The van der Waals surface area contributed by atoms with Gasteiger partial charge < -0.3 is 4.74 Å². The third kappa shape index (κ3) is 24.6. The van der Waals surface area contributed by atoms with Crippen molar-refractivity contribution in [2.75, 3.05) is 6.61 Å². The van der Waals surface area contributed by atoms with Gasteiger partial charge in [-0.2, -0.15) is 0 Å². The molecule has 2 heteroatoms. The molecule has 0 aromatic rings. The Kier molecular flexibility index (Phi) is 24.7. The number of hydrogen-bond acceptors (Lipinski definition) is 2. The molecule has 0 spiro atoms. The molecule has 36 heavy (non-hydrogen) atoms. The molecule has 1 aliphatic rings. The van der Waals surface area contributed by atoms with E-state index in [-0.39, 0.29) is 5.97 Å². The molecule has 210 valence electrons. The Labute approximate surface area is 226 Å². The van der Waals surface area contributed by atoms with Gasteiger partial charge in [-0.15, -0.1) is 0 Å². The first kappa shape index (κ1) is 33.0. The van der Waals surface area contributed by atoms with Crippen molar-refractivity contribution in [1.29, 1.82) is 0 Å². The predicted octanol–water partition coefficient (Wildman–Crippen LogP) is 11.4. The Morgan fingerprint density at radius 3 is 1.25 bits per heavy atom. The Bertz CT molecular complexity index is 521. The van der Waals surface area contributed by atoms with Gasteiger partial charge in [-0.1, -0.05) is 128 Å². The third-order valence-corrected chi connectivity index (χ3v) is 7.67. The van der Waals surface area contributed by atoms with Crippen molar-refractivity contribution in [3.8, 4) is 0 Å². The molecule has 0 amide bonds. The first-order valence-electron chi connectivity index (χ1n) is 16.2. The summed E-state index contributed by atoms with van der Waals surface area (Å²) in [4.78, 5) is 12.0. The van der Waals surface area contributed by atoms with E-state index < -0.39 is 0 Å². The predicted molar refractivity (Wildman–Crippen MR) is 158 cm³/mol. The minimum Gasteiger partial charge on any atom is -0.465 e. The summed E-state index contributed by atoms with van der Waals surface area (Å²) in [6, 6.07) is 0. The number of cyclic esters (lactones) is 1. The Morgan fingerprint density at radius 1 is 0.500 bits per heavy atom. The lowest BCUT2D eigenvalue weighted by molar-refractivity contribution is -0.145. The molecule has 0 saturated heterocycles.